The molecule has 3 N–H and O–H groups in total. The van der Waals surface area contributed by atoms with Gasteiger partial charge in [-0.25, -0.2) is 4.98 Å². The zero-order valence-corrected chi connectivity index (χ0v) is 10.3. The first-order chi connectivity index (χ1) is 9.29. The lowest BCUT2D eigenvalue weighted by molar-refractivity contribution is 0.171. The van der Waals surface area contributed by atoms with Gasteiger partial charge in [-0.05, 0) is 12.1 Å². The fourth-order valence-electron chi connectivity index (χ4n) is 2.07. The first kappa shape index (κ1) is 12.0. The van der Waals surface area contributed by atoms with E-state index in [2.05, 4.69) is 4.98 Å². The molecule has 19 heavy (non-hydrogen) atoms. The van der Waals surface area contributed by atoms with E-state index in [0.717, 1.165) is 17.1 Å². The number of benzene rings is 1. The van der Waals surface area contributed by atoms with Crippen molar-refractivity contribution in [3.05, 3.63) is 36.4 Å². The number of aromatic nitrogens is 2. The van der Waals surface area contributed by atoms with Gasteiger partial charge in [0.25, 0.3) is 0 Å². The van der Waals surface area contributed by atoms with Gasteiger partial charge >= 0.3 is 0 Å². The lowest BCUT2D eigenvalue weighted by Crippen LogP contribution is -2.18. The van der Waals surface area contributed by atoms with Crippen LogP contribution in [0.4, 0.5) is 0 Å². The summed E-state index contributed by atoms with van der Waals surface area (Å²) >= 11 is 0. The number of ether oxygens (including phenoxy) is 2. The average Bonchev–Trinajstić information content (AvgIpc) is 2.95. The molecule has 0 fully saturated rings. The van der Waals surface area contributed by atoms with Crippen LogP contribution in [0.1, 0.15) is 11.7 Å². The molecule has 0 saturated carbocycles. The van der Waals surface area contributed by atoms with Crippen LogP contribution in [-0.4, -0.2) is 34.5 Å². The summed E-state index contributed by atoms with van der Waals surface area (Å²) in [6, 6.07) is 5.18. The predicted molar refractivity (Wildman–Crippen MR) is 68.6 cm³/mol. The largest absolute Gasteiger partial charge is 0.486 e. The molecule has 0 spiro atoms. The van der Waals surface area contributed by atoms with Crippen LogP contribution in [0.2, 0.25) is 0 Å². The number of fused-ring (bicyclic) bond motifs is 1. The number of aliphatic hydroxyl groups excluding tert-OH is 1. The predicted octanol–water partition coefficient (Wildman–Crippen LogP) is 0.636. The molecule has 2 aromatic rings. The lowest BCUT2D eigenvalue weighted by atomic mass is 10.2. The van der Waals surface area contributed by atoms with Crippen molar-refractivity contribution in [3.63, 3.8) is 0 Å². The highest BCUT2D eigenvalue weighted by Crippen LogP contribution is 2.32. The van der Waals surface area contributed by atoms with E-state index in [1.807, 2.05) is 22.8 Å². The summed E-state index contributed by atoms with van der Waals surface area (Å²) in [5, 5.41) is 9.16. The minimum Gasteiger partial charge on any atom is -0.486 e. The molecule has 0 amide bonds. The molecule has 0 bridgehead atoms. The topological polar surface area (TPSA) is 82.5 Å². The van der Waals surface area contributed by atoms with E-state index >= 15 is 0 Å². The van der Waals surface area contributed by atoms with Gasteiger partial charge in [0, 0.05) is 6.07 Å². The van der Waals surface area contributed by atoms with Crippen LogP contribution < -0.4 is 15.2 Å². The van der Waals surface area contributed by atoms with E-state index in [9.17, 15) is 0 Å². The van der Waals surface area contributed by atoms with Crippen LogP contribution in [-0.2, 0) is 0 Å². The number of nitrogens with two attached hydrogens (primary N) is 1. The Bertz CT molecular complexity index is 582. The second kappa shape index (κ2) is 4.91. The first-order valence-electron chi connectivity index (χ1n) is 6.08. The zero-order valence-electron chi connectivity index (χ0n) is 10.3. The fourth-order valence-corrected chi connectivity index (χ4v) is 2.07. The minimum atomic E-state index is -0.462. The minimum absolute atomic E-state index is 0.129. The Balaban J connectivity index is 2.00. The summed E-state index contributed by atoms with van der Waals surface area (Å²) in [6.07, 6.45) is 3.31. The van der Waals surface area contributed by atoms with Crippen LogP contribution in [0.5, 0.6) is 11.5 Å². The molecule has 100 valence electrons. The molecule has 6 nitrogen and oxygen atoms in total. The van der Waals surface area contributed by atoms with Crippen molar-refractivity contribution in [2.75, 3.05) is 19.8 Å². The van der Waals surface area contributed by atoms with Gasteiger partial charge in [-0.15, -0.1) is 0 Å². The molecule has 0 saturated heterocycles. The van der Waals surface area contributed by atoms with E-state index in [-0.39, 0.29) is 6.61 Å². The van der Waals surface area contributed by atoms with E-state index < -0.39 is 6.04 Å². The Labute approximate surface area is 110 Å². The first-order valence-corrected chi connectivity index (χ1v) is 6.08. The molecule has 1 aliphatic heterocycles. The van der Waals surface area contributed by atoms with Crippen molar-refractivity contribution in [2.24, 2.45) is 5.73 Å². The van der Waals surface area contributed by atoms with Gasteiger partial charge in [-0.2, -0.15) is 0 Å². The van der Waals surface area contributed by atoms with Gasteiger partial charge in [-0.3, -0.25) is 0 Å². The van der Waals surface area contributed by atoms with Crippen molar-refractivity contribution < 1.29 is 14.6 Å². The maximum atomic E-state index is 9.16. The smallest absolute Gasteiger partial charge is 0.163 e. The van der Waals surface area contributed by atoms with Crippen molar-refractivity contribution in [2.45, 2.75) is 6.04 Å². The number of aliphatic hydroxyl groups is 1. The number of hydrogen-bond acceptors (Lipinski definition) is 5. The molecule has 3 rings (SSSR count). The molecule has 2 heterocycles. The molecular formula is C13H15N3O3. The third kappa shape index (κ3) is 2.16. The Kier molecular flexibility index (Phi) is 3.10. The van der Waals surface area contributed by atoms with Gasteiger partial charge < -0.3 is 24.9 Å². The summed E-state index contributed by atoms with van der Waals surface area (Å²) in [6.45, 7) is 0.984. The second-order valence-electron chi connectivity index (χ2n) is 4.31. The van der Waals surface area contributed by atoms with Crippen LogP contribution in [0, 0.1) is 0 Å². The second-order valence-corrected chi connectivity index (χ2v) is 4.31. The van der Waals surface area contributed by atoms with Gasteiger partial charge in [0.2, 0.25) is 0 Å². The summed E-state index contributed by atoms with van der Waals surface area (Å²) in [7, 11) is 0. The molecule has 1 aromatic heterocycles. The highest BCUT2D eigenvalue weighted by Gasteiger charge is 2.15. The third-order valence-electron chi connectivity index (χ3n) is 3.05. The normalized spacial score (nSPS) is 15.3. The molecule has 1 atom stereocenters. The van der Waals surface area contributed by atoms with Gasteiger partial charge in [-0.1, -0.05) is 0 Å². The summed E-state index contributed by atoms with van der Waals surface area (Å²) in [5.41, 5.74) is 7.47. The summed E-state index contributed by atoms with van der Waals surface area (Å²) < 4.78 is 12.9. The zero-order chi connectivity index (χ0) is 13.2. The van der Waals surface area contributed by atoms with Crippen molar-refractivity contribution in [1.82, 2.24) is 9.55 Å². The molecule has 0 aliphatic carbocycles. The van der Waals surface area contributed by atoms with Crippen molar-refractivity contribution >= 4 is 0 Å². The number of nitrogens with zero attached hydrogens (tertiary/aromatic N) is 2. The Morgan fingerprint density at radius 3 is 2.89 bits per heavy atom. The van der Waals surface area contributed by atoms with Crippen molar-refractivity contribution in [3.8, 4) is 17.2 Å². The molecular weight excluding hydrogens is 246 g/mol. The molecule has 1 aliphatic rings. The van der Waals surface area contributed by atoms with Gasteiger partial charge in [0.05, 0.1) is 36.6 Å². The number of hydrogen-bond donors (Lipinski definition) is 2. The average molecular weight is 261 g/mol. The molecule has 6 heteroatoms. The standard InChI is InChI=1S/C13H15N3O3/c14-10(7-17)11-6-15-8-16(11)9-1-2-12-13(5-9)19-4-3-18-12/h1-2,5-6,8,10,17H,3-4,7,14H2. The van der Waals surface area contributed by atoms with Crippen LogP contribution in [0.15, 0.2) is 30.7 Å². The maximum Gasteiger partial charge on any atom is 0.163 e. The highest BCUT2D eigenvalue weighted by atomic mass is 16.6. The molecule has 1 unspecified atom stereocenters. The van der Waals surface area contributed by atoms with Crippen LogP contribution in [0.3, 0.4) is 0 Å². The SMILES string of the molecule is NC(CO)c1cncn1-c1ccc2c(c1)OCCO2. The lowest BCUT2D eigenvalue weighted by Gasteiger charge is -2.20. The van der Waals surface area contributed by atoms with Crippen LogP contribution in [0.25, 0.3) is 5.69 Å². The highest BCUT2D eigenvalue weighted by molar-refractivity contribution is 5.50. The quantitative estimate of drug-likeness (QED) is 0.847. The van der Waals surface area contributed by atoms with Crippen LogP contribution >= 0.6 is 0 Å². The Morgan fingerprint density at radius 1 is 1.32 bits per heavy atom. The van der Waals surface area contributed by atoms with E-state index in [4.69, 9.17) is 20.3 Å². The third-order valence-corrected chi connectivity index (χ3v) is 3.05. The molecule has 0 radical (unpaired) electrons. The van der Waals surface area contributed by atoms with Gasteiger partial charge in [0.15, 0.2) is 11.5 Å². The summed E-state index contributed by atoms with van der Waals surface area (Å²) in [4.78, 5) is 4.08. The fraction of sp³-hybridized carbons (Fsp3) is 0.308. The number of rotatable bonds is 3. The molecule has 1 aromatic carbocycles. The Morgan fingerprint density at radius 2 is 2.11 bits per heavy atom. The van der Waals surface area contributed by atoms with Crippen molar-refractivity contribution in [1.29, 1.82) is 0 Å². The monoisotopic (exact) mass is 261 g/mol. The van der Waals surface area contributed by atoms with Gasteiger partial charge in [0.1, 0.15) is 13.2 Å². The maximum absolute atomic E-state index is 9.16. The van der Waals surface area contributed by atoms with E-state index in [1.54, 1.807) is 12.5 Å². The van der Waals surface area contributed by atoms with E-state index in [1.165, 1.54) is 0 Å². The Hall–Kier alpha value is -2.05. The summed E-state index contributed by atoms with van der Waals surface area (Å²) in [5.74, 6) is 1.45. The van der Waals surface area contributed by atoms with E-state index in [0.29, 0.717) is 19.0 Å². The number of imidazole rings is 1.